The Morgan fingerprint density at radius 2 is 1.74 bits per heavy atom. The Hall–Kier alpha value is -3.22. The van der Waals surface area contributed by atoms with Crippen LogP contribution in [0, 0.1) is 5.92 Å². The van der Waals surface area contributed by atoms with E-state index in [2.05, 4.69) is 32.9 Å². The van der Waals surface area contributed by atoms with Gasteiger partial charge in [0.15, 0.2) is 0 Å². The molecule has 2 fully saturated rings. The van der Waals surface area contributed by atoms with Gasteiger partial charge in [0.25, 0.3) is 5.91 Å². The van der Waals surface area contributed by atoms with E-state index in [1.165, 1.54) is 44.0 Å². The van der Waals surface area contributed by atoms with E-state index in [4.69, 9.17) is 0 Å². The molecule has 3 heterocycles. The molecule has 34 heavy (non-hydrogen) atoms. The van der Waals surface area contributed by atoms with Crippen LogP contribution in [-0.2, 0) is 17.8 Å². The smallest absolute Gasteiger partial charge is 0.253 e. The lowest BCUT2D eigenvalue weighted by molar-refractivity contribution is -0.132. The first-order valence-corrected chi connectivity index (χ1v) is 12.6. The quantitative estimate of drug-likeness (QED) is 0.560. The van der Waals surface area contributed by atoms with Crippen molar-refractivity contribution >= 4 is 22.7 Å². The van der Waals surface area contributed by atoms with Crippen LogP contribution in [-0.4, -0.2) is 62.3 Å². The van der Waals surface area contributed by atoms with E-state index < -0.39 is 0 Å². The van der Waals surface area contributed by atoms with Gasteiger partial charge < -0.3 is 14.4 Å². The van der Waals surface area contributed by atoms with Gasteiger partial charge in [0, 0.05) is 74.0 Å². The van der Waals surface area contributed by atoms with Crippen LogP contribution in [0.25, 0.3) is 10.9 Å². The summed E-state index contributed by atoms with van der Waals surface area (Å²) in [7, 11) is 0. The number of carbonyl (C=O) groups is 2. The topological polar surface area (TPSA) is 71.3 Å². The molecular weight excluding hydrogens is 426 g/mol. The third-order valence-electron chi connectivity index (χ3n) is 7.39. The van der Waals surface area contributed by atoms with E-state index in [1.807, 2.05) is 21.9 Å². The van der Waals surface area contributed by atoms with Crippen molar-refractivity contribution in [3.05, 3.63) is 60.3 Å². The summed E-state index contributed by atoms with van der Waals surface area (Å²) < 4.78 is 2.33. The summed E-state index contributed by atoms with van der Waals surface area (Å²) in [6.07, 6.45) is 15.4. The molecule has 7 heteroatoms. The zero-order valence-electron chi connectivity index (χ0n) is 19.7. The molecule has 0 spiro atoms. The molecule has 0 atom stereocenters. The van der Waals surface area contributed by atoms with Crippen LogP contribution in [0.2, 0.25) is 0 Å². The Kier molecular flexibility index (Phi) is 6.88. The molecule has 3 aromatic rings. The first-order valence-electron chi connectivity index (χ1n) is 12.6. The number of fused-ring (bicyclic) bond motifs is 1. The van der Waals surface area contributed by atoms with Crippen molar-refractivity contribution in [3.8, 4) is 0 Å². The van der Waals surface area contributed by atoms with Crippen molar-refractivity contribution in [3.63, 3.8) is 0 Å². The molecule has 178 valence electrons. The molecule has 0 unspecified atom stereocenters. The molecule has 2 amide bonds. The summed E-state index contributed by atoms with van der Waals surface area (Å²) in [5, 5.41) is 1.12. The predicted molar refractivity (Wildman–Crippen MR) is 131 cm³/mol. The lowest BCUT2D eigenvalue weighted by Crippen LogP contribution is -2.51. The van der Waals surface area contributed by atoms with Crippen molar-refractivity contribution in [2.24, 2.45) is 5.92 Å². The van der Waals surface area contributed by atoms with Gasteiger partial charge >= 0.3 is 0 Å². The van der Waals surface area contributed by atoms with Gasteiger partial charge in [0.1, 0.15) is 0 Å². The molecular formula is C27H33N5O2. The number of carbonyl (C=O) groups excluding carboxylic acids is 2. The maximum atomic E-state index is 13.1. The monoisotopic (exact) mass is 459 g/mol. The normalized spacial score (nSPS) is 17.3. The van der Waals surface area contributed by atoms with Crippen LogP contribution >= 0.6 is 0 Å². The number of hydrogen-bond donors (Lipinski definition) is 0. The molecule has 1 aliphatic carbocycles. The summed E-state index contributed by atoms with van der Waals surface area (Å²) in [6.45, 7) is 3.23. The van der Waals surface area contributed by atoms with Gasteiger partial charge in [0.2, 0.25) is 5.91 Å². The molecule has 0 N–H and O–H groups in total. The number of piperazine rings is 1. The molecule has 0 radical (unpaired) electrons. The fraction of sp³-hybridized carbons (Fsp3) is 0.481. The lowest BCUT2D eigenvalue weighted by Gasteiger charge is -2.34. The van der Waals surface area contributed by atoms with Crippen LogP contribution in [0.1, 0.15) is 54.6 Å². The molecule has 7 nitrogen and oxygen atoms in total. The highest BCUT2D eigenvalue weighted by Crippen LogP contribution is 2.28. The fourth-order valence-corrected chi connectivity index (χ4v) is 5.36. The highest BCUT2D eigenvalue weighted by molar-refractivity contribution is 5.98. The number of hydrogen-bond acceptors (Lipinski definition) is 4. The minimum Gasteiger partial charge on any atom is -0.347 e. The Morgan fingerprint density at radius 1 is 0.941 bits per heavy atom. The Morgan fingerprint density at radius 3 is 2.50 bits per heavy atom. The molecule has 1 saturated heterocycles. The van der Waals surface area contributed by atoms with Crippen LogP contribution in [0.3, 0.4) is 0 Å². The average Bonchev–Trinajstić information content (AvgIpc) is 3.30. The zero-order chi connectivity index (χ0) is 23.3. The molecule has 2 aliphatic rings. The van der Waals surface area contributed by atoms with Crippen LogP contribution < -0.4 is 0 Å². The highest BCUT2D eigenvalue weighted by Gasteiger charge is 2.25. The second kappa shape index (κ2) is 10.4. The van der Waals surface area contributed by atoms with Crippen molar-refractivity contribution < 1.29 is 9.59 Å². The van der Waals surface area contributed by atoms with Gasteiger partial charge in [-0.25, -0.2) is 0 Å². The highest BCUT2D eigenvalue weighted by atomic mass is 16.2. The van der Waals surface area contributed by atoms with Crippen molar-refractivity contribution in [1.29, 1.82) is 0 Å². The maximum absolute atomic E-state index is 13.1. The van der Waals surface area contributed by atoms with E-state index in [1.54, 1.807) is 18.6 Å². The van der Waals surface area contributed by atoms with Crippen molar-refractivity contribution in [1.82, 2.24) is 24.3 Å². The van der Waals surface area contributed by atoms with Gasteiger partial charge in [0.05, 0.1) is 12.1 Å². The van der Waals surface area contributed by atoms with Crippen LogP contribution in [0.5, 0.6) is 0 Å². The van der Waals surface area contributed by atoms with E-state index in [9.17, 15) is 9.59 Å². The molecule has 1 saturated carbocycles. The average molecular weight is 460 g/mol. The van der Waals surface area contributed by atoms with E-state index in [0.29, 0.717) is 31.9 Å². The van der Waals surface area contributed by atoms with E-state index in [-0.39, 0.29) is 18.2 Å². The molecule has 1 aliphatic heterocycles. The minimum atomic E-state index is 0.0311. The van der Waals surface area contributed by atoms with Crippen LogP contribution in [0.4, 0.5) is 0 Å². The predicted octanol–water partition coefficient (Wildman–Crippen LogP) is 3.93. The van der Waals surface area contributed by atoms with Gasteiger partial charge in [-0.1, -0.05) is 32.1 Å². The summed E-state index contributed by atoms with van der Waals surface area (Å²) in [6, 6.07) is 8.17. The van der Waals surface area contributed by atoms with Crippen molar-refractivity contribution in [2.75, 3.05) is 26.2 Å². The minimum absolute atomic E-state index is 0.0311. The third-order valence-corrected chi connectivity index (χ3v) is 7.39. The van der Waals surface area contributed by atoms with Gasteiger partial charge in [-0.2, -0.15) is 0 Å². The van der Waals surface area contributed by atoms with Crippen LogP contribution in [0.15, 0.2) is 49.1 Å². The summed E-state index contributed by atoms with van der Waals surface area (Å²) in [4.78, 5) is 37.6. The number of amides is 2. The van der Waals surface area contributed by atoms with Crippen molar-refractivity contribution in [2.45, 2.75) is 51.5 Å². The SMILES string of the molecule is O=C(Cc1cnccn1)N1CCN(C(=O)c2ccc3c(ccn3CCC3CCCCC3)c2)CC1. The molecule has 2 aromatic heterocycles. The van der Waals surface area contributed by atoms with E-state index >= 15 is 0 Å². The molecule has 5 rings (SSSR count). The largest absolute Gasteiger partial charge is 0.347 e. The summed E-state index contributed by atoms with van der Waals surface area (Å²) in [5.41, 5.74) is 2.59. The first kappa shape index (κ1) is 22.6. The van der Waals surface area contributed by atoms with Gasteiger partial charge in [-0.3, -0.25) is 19.6 Å². The molecule has 0 bridgehead atoms. The number of aryl methyl sites for hydroxylation is 1. The Balaban J connectivity index is 1.16. The van der Waals surface area contributed by atoms with Gasteiger partial charge in [-0.05, 0) is 36.6 Å². The van der Waals surface area contributed by atoms with Gasteiger partial charge in [-0.15, -0.1) is 0 Å². The first-order chi connectivity index (χ1) is 16.7. The number of rotatable bonds is 6. The lowest BCUT2D eigenvalue weighted by atomic mass is 9.87. The molecule has 1 aromatic carbocycles. The standard InChI is InChI=1S/C27H33N5O2/c33-26(19-24-20-28-10-11-29-24)31-14-16-32(17-15-31)27(34)23-6-7-25-22(18-23)9-13-30(25)12-8-21-4-2-1-3-5-21/h6-7,9-11,13,18,20-21H,1-5,8,12,14-17,19H2. The third kappa shape index (κ3) is 5.13. The Labute approximate surface area is 200 Å². The number of benzene rings is 1. The number of nitrogens with zero attached hydrogens (tertiary/aromatic N) is 5. The fourth-order valence-electron chi connectivity index (χ4n) is 5.36. The maximum Gasteiger partial charge on any atom is 0.253 e. The van der Waals surface area contributed by atoms with E-state index in [0.717, 1.165) is 23.4 Å². The second-order valence-electron chi connectivity index (χ2n) is 9.62. The summed E-state index contributed by atoms with van der Waals surface area (Å²) in [5.74, 6) is 0.930. The Bertz CT molecular complexity index is 1130. The number of aromatic nitrogens is 3. The second-order valence-corrected chi connectivity index (χ2v) is 9.62. The summed E-state index contributed by atoms with van der Waals surface area (Å²) >= 11 is 0. The zero-order valence-corrected chi connectivity index (χ0v) is 19.7.